The second-order valence-electron chi connectivity index (χ2n) is 8.20. The zero-order valence-corrected chi connectivity index (χ0v) is 17.0. The third-order valence-electron chi connectivity index (χ3n) is 6.15. The predicted molar refractivity (Wildman–Crippen MR) is 107 cm³/mol. The molecule has 1 aliphatic heterocycles. The molecule has 2 aliphatic rings. The highest BCUT2D eigenvalue weighted by molar-refractivity contribution is 5.99. The molecule has 2 atom stereocenters. The van der Waals surface area contributed by atoms with Crippen molar-refractivity contribution in [3.63, 3.8) is 0 Å². The van der Waals surface area contributed by atoms with Gasteiger partial charge in [0, 0.05) is 43.3 Å². The number of anilines is 1. The molecule has 2 unspecified atom stereocenters. The molecule has 1 aliphatic carbocycles. The molecule has 1 saturated carbocycles. The lowest BCUT2D eigenvalue weighted by molar-refractivity contribution is -0.166. The summed E-state index contributed by atoms with van der Waals surface area (Å²) in [5.41, 5.74) is 5.57. The molecular weight excluding hydrogens is 358 g/mol. The molecular formula is C21H31N3O4. The lowest BCUT2D eigenvalue weighted by Gasteiger charge is -2.57. The fourth-order valence-electron chi connectivity index (χ4n) is 3.93. The monoisotopic (exact) mass is 389 g/mol. The SMILES string of the molecule is CCOC1CC(N)(C(=O)Nc2cccc(OCC(=O)N3CCCC3)c2)C1(C)C. The van der Waals surface area contributed by atoms with Crippen molar-refractivity contribution < 1.29 is 19.1 Å². The first-order valence-corrected chi connectivity index (χ1v) is 10.0. The second-order valence-corrected chi connectivity index (χ2v) is 8.20. The Kier molecular flexibility index (Phi) is 5.95. The third-order valence-corrected chi connectivity index (χ3v) is 6.15. The van der Waals surface area contributed by atoms with Crippen molar-refractivity contribution in [3.05, 3.63) is 24.3 Å². The van der Waals surface area contributed by atoms with Crippen LogP contribution >= 0.6 is 0 Å². The van der Waals surface area contributed by atoms with Crippen molar-refractivity contribution in [2.45, 2.75) is 51.7 Å². The van der Waals surface area contributed by atoms with Gasteiger partial charge in [-0.1, -0.05) is 19.9 Å². The topological polar surface area (TPSA) is 93.9 Å². The zero-order chi connectivity index (χ0) is 20.4. The summed E-state index contributed by atoms with van der Waals surface area (Å²) in [7, 11) is 0. The van der Waals surface area contributed by atoms with Crippen molar-refractivity contribution in [1.82, 2.24) is 4.90 Å². The van der Waals surface area contributed by atoms with Crippen LogP contribution in [0.3, 0.4) is 0 Å². The van der Waals surface area contributed by atoms with Gasteiger partial charge in [0.25, 0.3) is 5.91 Å². The van der Waals surface area contributed by atoms with E-state index in [1.54, 1.807) is 24.3 Å². The van der Waals surface area contributed by atoms with Gasteiger partial charge < -0.3 is 25.4 Å². The van der Waals surface area contributed by atoms with Crippen LogP contribution in [0.2, 0.25) is 0 Å². The Morgan fingerprint density at radius 2 is 2.00 bits per heavy atom. The number of nitrogens with two attached hydrogens (primary N) is 1. The molecule has 28 heavy (non-hydrogen) atoms. The predicted octanol–water partition coefficient (Wildman–Crippen LogP) is 2.16. The fourth-order valence-corrected chi connectivity index (χ4v) is 3.93. The standard InChI is InChI=1S/C21H31N3O4/c1-4-27-17-13-21(22,20(17,2)3)19(26)23-15-8-7-9-16(12-15)28-14-18(25)24-10-5-6-11-24/h7-9,12,17H,4-6,10-11,13-14,22H2,1-3H3,(H,23,26). The summed E-state index contributed by atoms with van der Waals surface area (Å²) >= 11 is 0. The summed E-state index contributed by atoms with van der Waals surface area (Å²) in [5.74, 6) is 0.293. The molecule has 1 saturated heterocycles. The van der Waals surface area contributed by atoms with E-state index >= 15 is 0 Å². The van der Waals surface area contributed by atoms with Gasteiger partial charge in [0.2, 0.25) is 5.91 Å². The van der Waals surface area contributed by atoms with Crippen LogP contribution in [0.25, 0.3) is 0 Å². The van der Waals surface area contributed by atoms with Crippen molar-refractivity contribution in [2.75, 3.05) is 31.6 Å². The molecule has 7 nitrogen and oxygen atoms in total. The molecule has 1 aromatic carbocycles. The number of likely N-dealkylation sites (tertiary alicyclic amines) is 1. The minimum absolute atomic E-state index is 0.00128. The van der Waals surface area contributed by atoms with Crippen molar-refractivity contribution in [3.8, 4) is 5.75 Å². The number of amides is 2. The molecule has 1 heterocycles. The first kappa shape index (κ1) is 20.6. The van der Waals surface area contributed by atoms with Gasteiger partial charge in [0.15, 0.2) is 6.61 Å². The average Bonchev–Trinajstić information content (AvgIpc) is 3.21. The number of nitrogens with one attached hydrogen (secondary N) is 1. The van der Waals surface area contributed by atoms with Crippen LogP contribution in [-0.2, 0) is 14.3 Å². The van der Waals surface area contributed by atoms with Gasteiger partial charge in [-0.25, -0.2) is 0 Å². The Morgan fingerprint density at radius 3 is 2.64 bits per heavy atom. The molecule has 2 amide bonds. The van der Waals surface area contributed by atoms with Gasteiger partial charge in [-0.2, -0.15) is 0 Å². The highest BCUT2D eigenvalue weighted by atomic mass is 16.5. The maximum absolute atomic E-state index is 12.8. The van der Waals surface area contributed by atoms with E-state index in [-0.39, 0.29) is 24.5 Å². The first-order valence-electron chi connectivity index (χ1n) is 10.0. The van der Waals surface area contributed by atoms with Crippen molar-refractivity contribution in [2.24, 2.45) is 11.1 Å². The second kappa shape index (κ2) is 8.09. The van der Waals surface area contributed by atoms with Crippen molar-refractivity contribution in [1.29, 1.82) is 0 Å². The van der Waals surface area contributed by atoms with Crippen LogP contribution in [-0.4, -0.2) is 54.7 Å². The van der Waals surface area contributed by atoms with E-state index in [4.69, 9.17) is 15.2 Å². The van der Waals surface area contributed by atoms with E-state index in [2.05, 4.69) is 5.32 Å². The molecule has 0 bridgehead atoms. The molecule has 1 aromatic rings. The highest BCUT2D eigenvalue weighted by Crippen LogP contribution is 2.50. The van der Waals surface area contributed by atoms with Crippen LogP contribution in [0, 0.1) is 5.41 Å². The van der Waals surface area contributed by atoms with E-state index in [0.717, 1.165) is 25.9 Å². The smallest absolute Gasteiger partial charge is 0.260 e. The number of rotatable bonds is 7. The Labute approximate surface area is 166 Å². The molecule has 154 valence electrons. The summed E-state index contributed by atoms with van der Waals surface area (Å²) in [5, 5.41) is 2.89. The third kappa shape index (κ3) is 3.86. The molecule has 0 radical (unpaired) electrons. The Morgan fingerprint density at radius 1 is 1.29 bits per heavy atom. The number of hydrogen-bond donors (Lipinski definition) is 2. The van der Waals surface area contributed by atoms with E-state index in [1.165, 1.54) is 0 Å². The van der Waals surface area contributed by atoms with E-state index in [1.807, 2.05) is 25.7 Å². The Balaban J connectivity index is 1.58. The molecule has 7 heteroatoms. The van der Waals surface area contributed by atoms with Crippen LogP contribution < -0.4 is 15.8 Å². The summed E-state index contributed by atoms with van der Waals surface area (Å²) in [6.07, 6.45) is 2.56. The number of ether oxygens (including phenoxy) is 2. The van der Waals surface area contributed by atoms with Gasteiger partial charge in [-0.15, -0.1) is 0 Å². The highest BCUT2D eigenvalue weighted by Gasteiger charge is 2.62. The minimum Gasteiger partial charge on any atom is -0.484 e. The Hall–Kier alpha value is -2.12. The van der Waals surface area contributed by atoms with E-state index in [9.17, 15) is 9.59 Å². The molecule has 0 spiro atoms. The van der Waals surface area contributed by atoms with Gasteiger partial charge >= 0.3 is 0 Å². The number of carbonyl (C=O) groups excluding carboxylic acids is 2. The minimum atomic E-state index is -0.991. The normalized spacial score (nSPS) is 25.9. The quantitative estimate of drug-likeness (QED) is 0.745. The first-order chi connectivity index (χ1) is 13.3. The maximum atomic E-state index is 12.8. The summed E-state index contributed by atoms with van der Waals surface area (Å²) in [6, 6.07) is 7.04. The van der Waals surface area contributed by atoms with Crippen LogP contribution in [0.5, 0.6) is 5.75 Å². The summed E-state index contributed by atoms with van der Waals surface area (Å²) < 4.78 is 11.3. The molecule has 3 rings (SSSR count). The number of hydrogen-bond acceptors (Lipinski definition) is 5. The molecule has 2 fully saturated rings. The van der Waals surface area contributed by atoms with Gasteiger partial charge in [0.05, 0.1) is 6.10 Å². The lowest BCUT2D eigenvalue weighted by atomic mass is 9.54. The van der Waals surface area contributed by atoms with Crippen LogP contribution in [0.4, 0.5) is 5.69 Å². The fraction of sp³-hybridized carbons (Fsp3) is 0.619. The molecule has 0 aromatic heterocycles. The summed E-state index contributed by atoms with van der Waals surface area (Å²) in [4.78, 5) is 26.8. The molecule has 3 N–H and O–H groups in total. The van der Waals surface area contributed by atoms with Gasteiger partial charge in [0.1, 0.15) is 11.3 Å². The average molecular weight is 389 g/mol. The van der Waals surface area contributed by atoms with Crippen LogP contribution in [0.15, 0.2) is 24.3 Å². The maximum Gasteiger partial charge on any atom is 0.260 e. The number of nitrogens with zero attached hydrogens (tertiary/aromatic N) is 1. The van der Waals surface area contributed by atoms with E-state index < -0.39 is 11.0 Å². The summed E-state index contributed by atoms with van der Waals surface area (Å²) in [6.45, 7) is 8.06. The Bertz CT molecular complexity index is 730. The number of carbonyl (C=O) groups is 2. The van der Waals surface area contributed by atoms with Gasteiger partial charge in [-0.05, 0) is 31.9 Å². The van der Waals surface area contributed by atoms with Crippen molar-refractivity contribution >= 4 is 17.5 Å². The number of benzene rings is 1. The lowest BCUT2D eigenvalue weighted by Crippen LogP contribution is -2.74. The largest absolute Gasteiger partial charge is 0.484 e. The van der Waals surface area contributed by atoms with Gasteiger partial charge in [-0.3, -0.25) is 9.59 Å². The van der Waals surface area contributed by atoms with Crippen LogP contribution in [0.1, 0.15) is 40.0 Å². The zero-order valence-electron chi connectivity index (χ0n) is 17.0. The van der Waals surface area contributed by atoms with E-state index in [0.29, 0.717) is 24.5 Å².